The van der Waals surface area contributed by atoms with Crippen molar-refractivity contribution >= 4 is 0 Å². The first-order valence-electron chi connectivity index (χ1n) is 8.39. The monoisotopic (exact) mass is 283 g/mol. The fourth-order valence-corrected chi connectivity index (χ4v) is 5.66. The summed E-state index contributed by atoms with van der Waals surface area (Å²) in [5.41, 5.74) is 3.70. The van der Waals surface area contributed by atoms with Gasteiger partial charge in [-0.15, -0.1) is 0 Å². The summed E-state index contributed by atoms with van der Waals surface area (Å²) in [4.78, 5) is 0. The number of nitriles is 1. The van der Waals surface area contributed by atoms with Crippen molar-refractivity contribution in [2.45, 2.75) is 57.5 Å². The Bertz CT molecular complexity index is 569. The maximum atomic E-state index is 9.16. The van der Waals surface area contributed by atoms with Gasteiger partial charge in [0.1, 0.15) is 11.8 Å². The lowest BCUT2D eigenvalue weighted by Gasteiger charge is -2.57. The Morgan fingerprint density at radius 1 is 1.24 bits per heavy atom. The van der Waals surface area contributed by atoms with Crippen LogP contribution >= 0.6 is 0 Å². The fourth-order valence-electron chi connectivity index (χ4n) is 5.66. The third kappa shape index (κ3) is 2.12. The van der Waals surface area contributed by atoms with E-state index in [1.54, 1.807) is 0 Å². The van der Waals surface area contributed by atoms with Gasteiger partial charge < -0.3 is 9.88 Å². The number of rotatable bonds is 3. The van der Waals surface area contributed by atoms with Gasteiger partial charge in [0.15, 0.2) is 0 Å². The van der Waals surface area contributed by atoms with Crippen LogP contribution in [0, 0.1) is 36.0 Å². The normalized spacial score (nSPS) is 36.9. The van der Waals surface area contributed by atoms with Crippen molar-refractivity contribution in [3.05, 3.63) is 23.0 Å². The Labute approximate surface area is 127 Å². The van der Waals surface area contributed by atoms with Crippen molar-refractivity contribution in [1.29, 1.82) is 5.26 Å². The summed E-state index contributed by atoms with van der Waals surface area (Å²) < 4.78 is 2.01. The van der Waals surface area contributed by atoms with E-state index in [1.165, 1.54) is 49.8 Å². The zero-order valence-electron chi connectivity index (χ0n) is 13.2. The van der Waals surface area contributed by atoms with E-state index in [0.29, 0.717) is 5.54 Å². The van der Waals surface area contributed by atoms with Crippen LogP contribution in [0.4, 0.5) is 0 Å². The zero-order chi connectivity index (χ0) is 14.6. The van der Waals surface area contributed by atoms with Crippen LogP contribution in [0.2, 0.25) is 0 Å². The minimum absolute atomic E-state index is 0.407. The first-order chi connectivity index (χ1) is 10.1. The zero-order valence-corrected chi connectivity index (χ0v) is 13.2. The predicted molar refractivity (Wildman–Crippen MR) is 82.6 cm³/mol. The van der Waals surface area contributed by atoms with E-state index in [9.17, 15) is 0 Å². The Balaban J connectivity index is 1.51. The van der Waals surface area contributed by atoms with Crippen molar-refractivity contribution in [3.8, 4) is 6.07 Å². The molecule has 0 unspecified atom stereocenters. The molecule has 21 heavy (non-hydrogen) atoms. The molecule has 5 rings (SSSR count). The number of nitrogens with one attached hydrogen (secondary N) is 1. The second-order valence-electron chi connectivity index (χ2n) is 7.86. The van der Waals surface area contributed by atoms with Crippen molar-refractivity contribution in [2.75, 3.05) is 0 Å². The molecule has 0 aromatic carbocycles. The SMILES string of the molecule is Cc1c(CNC23CC4CC(CC(C4)C2)C3)cc(C#N)n1C. The third-order valence-corrected chi connectivity index (χ3v) is 6.45. The van der Waals surface area contributed by atoms with Gasteiger partial charge in [0.05, 0.1) is 0 Å². The maximum absolute atomic E-state index is 9.16. The van der Waals surface area contributed by atoms with E-state index in [1.807, 2.05) is 11.6 Å². The summed E-state index contributed by atoms with van der Waals surface area (Å²) in [6.45, 7) is 3.05. The standard InChI is InChI=1S/C18H25N3/c1-12-16(6-17(10-19)21(12)2)11-20-18-7-13-3-14(8-18)5-15(4-13)9-18/h6,13-15,20H,3-5,7-9,11H2,1-2H3. The van der Waals surface area contributed by atoms with Gasteiger partial charge in [-0.25, -0.2) is 0 Å². The van der Waals surface area contributed by atoms with Crippen molar-refractivity contribution < 1.29 is 0 Å². The summed E-state index contributed by atoms with van der Waals surface area (Å²) in [5, 5.41) is 13.1. The molecule has 3 nitrogen and oxygen atoms in total. The van der Waals surface area contributed by atoms with Crippen molar-refractivity contribution in [3.63, 3.8) is 0 Å². The van der Waals surface area contributed by atoms with Gasteiger partial charge in [0, 0.05) is 24.8 Å². The molecule has 4 fully saturated rings. The van der Waals surface area contributed by atoms with Crippen LogP contribution in [-0.2, 0) is 13.6 Å². The largest absolute Gasteiger partial charge is 0.340 e. The summed E-state index contributed by atoms with van der Waals surface area (Å²) in [7, 11) is 1.99. The van der Waals surface area contributed by atoms with Gasteiger partial charge in [0.25, 0.3) is 0 Å². The Hall–Kier alpha value is -1.27. The highest BCUT2D eigenvalue weighted by Gasteiger charge is 2.50. The van der Waals surface area contributed by atoms with E-state index in [-0.39, 0.29) is 0 Å². The first-order valence-corrected chi connectivity index (χ1v) is 8.39. The lowest BCUT2D eigenvalue weighted by Crippen LogP contribution is -2.58. The van der Waals surface area contributed by atoms with Crippen LogP contribution < -0.4 is 5.32 Å². The molecule has 0 aliphatic heterocycles. The molecule has 1 aromatic rings. The van der Waals surface area contributed by atoms with Crippen LogP contribution in [0.3, 0.4) is 0 Å². The number of aromatic nitrogens is 1. The number of hydrogen-bond acceptors (Lipinski definition) is 2. The highest BCUT2D eigenvalue weighted by molar-refractivity contribution is 5.34. The predicted octanol–water partition coefficient (Wildman–Crippen LogP) is 3.26. The topological polar surface area (TPSA) is 40.8 Å². The van der Waals surface area contributed by atoms with E-state index in [0.717, 1.165) is 30.0 Å². The molecule has 1 aromatic heterocycles. The van der Waals surface area contributed by atoms with Crippen LogP contribution in [0.1, 0.15) is 55.5 Å². The summed E-state index contributed by atoms with van der Waals surface area (Å²) >= 11 is 0. The van der Waals surface area contributed by atoms with E-state index < -0.39 is 0 Å². The lowest BCUT2D eigenvalue weighted by atomic mass is 9.53. The van der Waals surface area contributed by atoms with Gasteiger partial charge >= 0.3 is 0 Å². The summed E-state index contributed by atoms with van der Waals surface area (Å²) in [6, 6.07) is 4.34. The molecule has 0 spiro atoms. The molecule has 0 radical (unpaired) electrons. The Morgan fingerprint density at radius 2 is 1.81 bits per heavy atom. The van der Waals surface area contributed by atoms with Gasteiger partial charge in [0.2, 0.25) is 0 Å². The highest BCUT2D eigenvalue weighted by Crippen LogP contribution is 2.55. The molecule has 1 heterocycles. The fraction of sp³-hybridized carbons (Fsp3) is 0.722. The van der Waals surface area contributed by atoms with Crippen LogP contribution in [0.15, 0.2) is 6.07 Å². The molecule has 1 N–H and O–H groups in total. The van der Waals surface area contributed by atoms with Gasteiger partial charge in [-0.2, -0.15) is 5.26 Å². The van der Waals surface area contributed by atoms with Crippen LogP contribution in [-0.4, -0.2) is 10.1 Å². The Kier molecular flexibility index (Phi) is 2.94. The minimum Gasteiger partial charge on any atom is -0.340 e. The van der Waals surface area contributed by atoms with Crippen molar-refractivity contribution in [2.24, 2.45) is 24.8 Å². The minimum atomic E-state index is 0.407. The molecule has 4 aliphatic carbocycles. The summed E-state index contributed by atoms with van der Waals surface area (Å²) in [6.07, 6.45) is 8.62. The average Bonchev–Trinajstić information content (AvgIpc) is 2.71. The molecule has 4 aliphatic rings. The maximum Gasteiger partial charge on any atom is 0.120 e. The number of nitrogens with zero attached hydrogens (tertiary/aromatic N) is 2. The number of hydrogen-bond donors (Lipinski definition) is 1. The van der Waals surface area contributed by atoms with Gasteiger partial charge in [-0.05, 0) is 74.8 Å². The molecule has 112 valence electrons. The molecule has 0 atom stereocenters. The first kappa shape index (κ1) is 13.4. The quantitative estimate of drug-likeness (QED) is 0.925. The Morgan fingerprint density at radius 3 is 2.29 bits per heavy atom. The molecule has 4 bridgehead atoms. The third-order valence-electron chi connectivity index (χ3n) is 6.45. The van der Waals surface area contributed by atoms with Crippen molar-refractivity contribution in [1.82, 2.24) is 9.88 Å². The second kappa shape index (κ2) is 4.61. The molecular formula is C18H25N3. The van der Waals surface area contributed by atoms with E-state index >= 15 is 0 Å². The van der Waals surface area contributed by atoms with Gasteiger partial charge in [-0.3, -0.25) is 0 Å². The highest BCUT2D eigenvalue weighted by atomic mass is 15.0. The van der Waals surface area contributed by atoms with E-state index in [4.69, 9.17) is 5.26 Å². The second-order valence-corrected chi connectivity index (χ2v) is 7.86. The molecular weight excluding hydrogens is 258 g/mol. The average molecular weight is 283 g/mol. The van der Waals surface area contributed by atoms with Crippen LogP contribution in [0.5, 0.6) is 0 Å². The molecule has 3 heteroatoms. The summed E-state index contributed by atoms with van der Waals surface area (Å²) in [5.74, 6) is 2.95. The smallest absolute Gasteiger partial charge is 0.120 e. The molecule has 0 saturated heterocycles. The van der Waals surface area contributed by atoms with E-state index in [2.05, 4.69) is 24.4 Å². The lowest BCUT2D eigenvalue weighted by molar-refractivity contribution is -0.0206. The van der Waals surface area contributed by atoms with Gasteiger partial charge in [-0.1, -0.05) is 0 Å². The molecule has 0 amide bonds. The molecule has 4 saturated carbocycles. The van der Waals surface area contributed by atoms with Crippen LogP contribution in [0.25, 0.3) is 0 Å².